The Morgan fingerprint density at radius 1 is 1.07 bits per heavy atom. The molecule has 0 amide bonds. The van der Waals surface area contributed by atoms with Crippen LogP contribution in [-0.4, -0.2) is 30.7 Å². The summed E-state index contributed by atoms with van der Waals surface area (Å²) in [5.41, 5.74) is 1.45. The van der Waals surface area contributed by atoms with Crippen molar-refractivity contribution in [2.75, 3.05) is 6.54 Å². The summed E-state index contributed by atoms with van der Waals surface area (Å²) in [4.78, 5) is 34.2. The second kappa shape index (κ2) is 8.08. The summed E-state index contributed by atoms with van der Waals surface area (Å²) < 4.78 is 11.3. The molecule has 0 heterocycles. The van der Waals surface area contributed by atoms with E-state index in [4.69, 9.17) is 9.47 Å². The van der Waals surface area contributed by atoms with E-state index in [0.29, 0.717) is 24.3 Å². The minimum Gasteiger partial charge on any atom is -0.462 e. The average molecular weight is 418 g/mol. The summed E-state index contributed by atoms with van der Waals surface area (Å²) in [6, 6.07) is 0. The van der Waals surface area contributed by atoms with Crippen LogP contribution in [0.25, 0.3) is 0 Å². The van der Waals surface area contributed by atoms with E-state index < -0.39 is 0 Å². The molecule has 3 unspecified atom stereocenters. The standard InChI is InChI=1S/C24H35NO5/c1-15(26)29-18-8-11-24(12-13-25-28)17(14-18)4-5-19-20-6-7-22(30-16(2)27)23(20,3)10-9-21(19)24/h4,18-22H,5-14H2,1-3H3/t18-,19?,20?,21?,22-,23-,24+/m0/s1. The van der Waals surface area contributed by atoms with E-state index in [1.54, 1.807) is 0 Å². The van der Waals surface area contributed by atoms with Crippen LogP contribution in [-0.2, 0) is 19.1 Å². The van der Waals surface area contributed by atoms with Gasteiger partial charge in [0.05, 0.1) is 6.54 Å². The van der Waals surface area contributed by atoms with Crippen molar-refractivity contribution in [2.45, 2.75) is 90.8 Å². The van der Waals surface area contributed by atoms with Crippen molar-refractivity contribution in [3.63, 3.8) is 0 Å². The molecule has 4 rings (SSSR count). The van der Waals surface area contributed by atoms with Gasteiger partial charge in [0.2, 0.25) is 0 Å². The maximum atomic E-state index is 11.7. The highest BCUT2D eigenvalue weighted by molar-refractivity contribution is 5.66. The molecule has 0 radical (unpaired) electrons. The number of hydrogen-bond donors (Lipinski definition) is 0. The van der Waals surface area contributed by atoms with Crippen molar-refractivity contribution >= 4 is 11.9 Å². The third-order valence-electron chi connectivity index (χ3n) is 8.99. The van der Waals surface area contributed by atoms with Crippen LogP contribution >= 0.6 is 0 Å². The minimum absolute atomic E-state index is 0.00826. The third-order valence-corrected chi connectivity index (χ3v) is 8.99. The van der Waals surface area contributed by atoms with Crippen LogP contribution in [0, 0.1) is 33.5 Å². The van der Waals surface area contributed by atoms with Gasteiger partial charge in [-0.05, 0) is 74.5 Å². The van der Waals surface area contributed by atoms with E-state index in [2.05, 4.69) is 18.2 Å². The highest BCUT2D eigenvalue weighted by atomic mass is 16.5. The number of allylic oxidation sites excluding steroid dienone is 1. The molecule has 6 nitrogen and oxygen atoms in total. The quantitative estimate of drug-likeness (QED) is 0.359. The Kier molecular flexibility index (Phi) is 5.80. The monoisotopic (exact) mass is 417 g/mol. The van der Waals surface area contributed by atoms with Crippen molar-refractivity contribution in [3.05, 3.63) is 16.6 Å². The van der Waals surface area contributed by atoms with Gasteiger partial charge in [-0.25, -0.2) is 0 Å². The van der Waals surface area contributed by atoms with Crippen LogP contribution in [0.1, 0.15) is 78.6 Å². The van der Waals surface area contributed by atoms with Crippen LogP contribution in [0.3, 0.4) is 0 Å². The van der Waals surface area contributed by atoms with Gasteiger partial charge in [0.15, 0.2) is 0 Å². The fourth-order valence-electron chi connectivity index (χ4n) is 7.82. The molecule has 0 spiro atoms. The largest absolute Gasteiger partial charge is 0.462 e. The van der Waals surface area contributed by atoms with Crippen LogP contribution in [0.2, 0.25) is 0 Å². The van der Waals surface area contributed by atoms with Crippen molar-refractivity contribution in [2.24, 2.45) is 33.8 Å². The molecule has 0 aromatic heterocycles. The third kappa shape index (κ3) is 3.50. The first-order chi connectivity index (χ1) is 14.3. The molecule has 0 aromatic carbocycles. The lowest BCUT2D eigenvalue weighted by atomic mass is 9.46. The van der Waals surface area contributed by atoms with Gasteiger partial charge in [0.25, 0.3) is 0 Å². The summed E-state index contributed by atoms with van der Waals surface area (Å²) in [7, 11) is 0. The topological polar surface area (TPSA) is 82.0 Å². The first-order valence-electron chi connectivity index (χ1n) is 11.6. The van der Waals surface area contributed by atoms with Crippen molar-refractivity contribution in [3.8, 4) is 0 Å². The molecule has 30 heavy (non-hydrogen) atoms. The van der Waals surface area contributed by atoms with Crippen LogP contribution in [0.5, 0.6) is 0 Å². The maximum Gasteiger partial charge on any atom is 0.302 e. The molecule has 166 valence electrons. The molecule has 3 fully saturated rings. The van der Waals surface area contributed by atoms with E-state index in [9.17, 15) is 14.5 Å². The zero-order valence-electron chi connectivity index (χ0n) is 18.5. The highest BCUT2D eigenvalue weighted by Crippen LogP contribution is 2.66. The first kappa shape index (κ1) is 21.5. The number of fused-ring (bicyclic) bond motifs is 5. The predicted molar refractivity (Wildman–Crippen MR) is 112 cm³/mol. The molecule has 0 N–H and O–H groups in total. The van der Waals surface area contributed by atoms with Gasteiger partial charge in [-0.2, -0.15) is 4.91 Å². The van der Waals surface area contributed by atoms with Crippen molar-refractivity contribution in [1.29, 1.82) is 0 Å². The smallest absolute Gasteiger partial charge is 0.302 e. The Balaban J connectivity index is 1.61. The Bertz CT molecular complexity index is 748. The predicted octanol–water partition coefficient (Wildman–Crippen LogP) is 4.95. The van der Waals surface area contributed by atoms with Gasteiger partial charge < -0.3 is 9.47 Å². The Labute approximate surface area is 179 Å². The SMILES string of the molecule is CC(=O)O[C@H]1CC[C@@]2(CCN=O)C(=CCC3C2CC[C@@]2(C)C3CC[C@@H]2OC(C)=O)C1. The second-order valence-electron chi connectivity index (χ2n) is 10.3. The number of nitrogens with zero attached hydrogens (tertiary/aromatic N) is 1. The number of hydrogen-bond acceptors (Lipinski definition) is 6. The molecule has 4 aliphatic rings. The minimum atomic E-state index is -0.216. The summed E-state index contributed by atoms with van der Waals surface area (Å²) in [6.07, 6.45) is 11.1. The molecule has 0 saturated heterocycles. The maximum absolute atomic E-state index is 11.7. The Morgan fingerprint density at radius 2 is 1.83 bits per heavy atom. The fraction of sp³-hybridized carbons (Fsp3) is 0.833. The molecule has 0 aliphatic heterocycles. The number of carbonyl (C=O) groups is 2. The average Bonchev–Trinajstić information content (AvgIpc) is 3.01. The summed E-state index contributed by atoms with van der Waals surface area (Å²) in [6.45, 7) is 5.66. The van der Waals surface area contributed by atoms with E-state index in [1.165, 1.54) is 19.4 Å². The van der Waals surface area contributed by atoms with Gasteiger partial charge in [0, 0.05) is 25.7 Å². The van der Waals surface area contributed by atoms with E-state index >= 15 is 0 Å². The number of nitroso groups, excluding NO2 is 1. The normalized spacial score (nSPS) is 42.2. The van der Waals surface area contributed by atoms with Crippen molar-refractivity contribution < 1.29 is 19.1 Å². The lowest BCUT2D eigenvalue weighted by Gasteiger charge is -2.58. The second-order valence-corrected chi connectivity index (χ2v) is 10.3. The molecule has 3 saturated carbocycles. The summed E-state index contributed by atoms with van der Waals surface area (Å²) in [5.74, 6) is 1.25. The number of rotatable bonds is 5. The lowest BCUT2D eigenvalue weighted by Crippen LogP contribution is -2.53. The molecule has 6 heteroatoms. The van der Waals surface area contributed by atoms with E-state index in [-0.39, 0.29) is 35.0 Å². The molecule has 7 atom stereocenters. The molecular weight excluding hydrogens is 382 g/mol. The Morgan fingerprint density at radius 3 is 2.53 bits per heavy atom. The van der Waals surface area contributed by atoms with Gasteiger partial charge in [-0.1, -0.05) is 23.7 Å². The Hall–Kier alpha value is -1.72. The van der Waals surface area contributed by atoms with Crippen LogP contribution < -0.4 is 0 Å². The molecular formula is C24H35NO5. The van der Waals surface area contributed by atoms with Gasteiger partial charge in [-0.3, -0.25) is 9.59 Å². The molecule has 0 aromatic rings. The van der Waals surface area contributed by atoms with Gasteiger partial charge >= 0.3 is 11.9 Å². The van der Waals surface area contributed by atoms with E-state index in [1.807, 2.05) is 0 Å². The number of esters is 2. The number of carbonyl (C=O) groups excluding carboxylic acids is 2. The highest BCUT2D eigenvalue weighted by Gasteiger charge is 2.60. The van der Waals surface area contributed by atoms with E-state index in [0.717, 1.165) is 57.8 Å². The summed E-state index contributed by atoms with van der Waals surface area (Å²) >= 11 is 0. The lowest BCUT2D eigenvalue weighted by molar-refractivity contribution is -0.157. The zero-order valence-corrected chi connectivity index (χ0v) is 18.5. The zero-order chi connectivity index (χ0) is 21.5. The van der Waals surface area contributed by atoms with Crippen LogP contribution in [0.4, 0.5) is 0 Å². The van der Waals surface area contributed by atoms with Crippen LogP contribution in [0.15, 0.2) is 16.8 Å². The number of ether oxygens (including phenoxy) is 2. The fourth-order valence-corrected chi connectivity index (χ4v) is 7.82. The van der Waals surface area contributed by atoms with Gasteiger partial charge in [-0.15, -0.1) is 0 Å². The van der Waals surface area contributed by atoms with Crippen molar-refractivity contribution in [1.82, 2.24) is 0 Å². The first-order valence-corrected chi connectivity index (χ1v) is 11.6. The van der Waals surface area contributed by atoms with Gasteiger partial charge in [0.1, 0.15) is 12.2 Å². The molecule has 4 aliphatic carbocycles. The summed E-state index contributed by atoms with van der Waals surface area (Å²) in [5, 5.41) is 3.23. The molecule has 0 bridgehead atoms.